The number of H-pyrrole nitrogens is 2. The van der Waals surface area contributed by atoms with Gasteiger partial charge in [-0.15, -0.1) is 31.7 Å². The van der Waals surface area contributed by atoms with Gasteiger partial charge in [0.25, 0.3) is 0 Å². The molecule has 94 heavy (non-hydrogen) atoms. The van der Waals surface area contributed by atoms with Crippen LogP contribution in [0.15, 0.2) is 132 Å². The minimum absolute atomic E-state index is 0. The molecule has 536 valence electrons. The van der Waals surface area contributed by atoms with E-state index in [1.54, 1.807) is 66.7 Å². The molecule has 0 amide bonds. The van der Waals surface area contributed by atoms with Gasteiger partial charge in [-0.2, -0.15) is 29.8 Å². The first kappa shape index (κ1) is 108. The monoisotopic (exact) mass is 1350 g/mol. The number of aromatic nitrogens is 20. The average Bonchev–Trinajstić information content (AvgIpc) is 4.04. The van der Waals surface area contributed by atoms with Crippen molar-refractivity contribution in [2.24, 2.45) is 0 Å². The van der Waals surface area contributed by atoms with Crippen LogP contribution in [0.25, 0.3) is 0 Å². The topological polar surface area (TPSA) is 290 Å². The highest BCUT2D eigenvalue weighted by atomic mass is 32.1. The Morgan fingerprint density at radius 2 is 0.979 bits per heavy atom. The second-order valence-electron chi connectivity index (χ2n) is 21.2. The van der Waals surface area contributed by atoms with Gasteiger partial charge in [0, 0.05) is 90.3 Å². The molecule has 0 aliphatic rings. The van der Waals surface area contributed by atoms with Crippen molar-refractivity contribution in [2.45, 2.75) is 272 Å². The number of nitrogens with one attached hydrogen (secondary N) is 2. The predicted molar refractivity (Wildman–Crippen MR) is 402 cm³/mol. The zero-order valence-corrected chi connectivity index (χ0v) is 54.6. The Labute approximate surface area is 580 Å². The third-order valence-corrected chi connectivity index (χ3v) is 12.5. The van der Waals surface area contributed by atoms with Gasteiger partial charge in [-0.25, -0.2) is 29.9 Å². The Bertz CT molecular complexity index is 2430. The lowest BCUT2D eigenvalue weighted by Crippen LogP contribution is -1.93. The van der Waals surface area contributed by atoms with Crippen LogP contribution in [0.5, 0.6) is 0 Å². The molecule has 0 atom stereocenters. The molecule has 0 aliphatic heterocycles. The molecular weight excluding hydrogens is 1220 g/mol. The highest BCUT2D eigenvalue weighted by Crippen LogP contribution is 2.16. The third kappa shape index (κ3) is 51.6. The molecule has 22 nitrogen and oxygen atoms in total. The molecule has 0 aliphatic carbocycles. The van der Waals surface area contributed by atoms with Crippen LogP contribution in [0, 0.1) is 0 Å². The second kappa shape index (κ2) is 65.2. The minimum Gasteiger partial charge on any atom is -0.428 e. The summed E-state index contributed by atoms with van der Waals surface area (Å²) < 4.78 is 13.5. The molecule has 0 unspecified atom stereocenters. The summed E-state index contributed by atoms with van der Waals surface area (Å²) in [6.07, 6.45) is 21.7. The first-order valence-electron chi connectivity index (χ1n) is 28.1. The first-order chi connectivity index (χ1) is 40.0. The van der Waals surface area contributed by atoms with Crippen molar-refractivity contribution in [1.29, 1.82) is 0 Å². The van der Waals surface area contributed by atoms with Crippen molar-refractivity contribution >= 4 is 22.9 Å². The molecule has 24 heteroatoms. The lowest BCUT2D eigenvalue weighted by Gasteiger charge is -2.01. The van der Waals surface area contributed by atoms with Crippen LogP contribution in [-0.4, -0.2) is 100 Å². The van der Waals surface area contributed by atoms with Crippen LogP contribution in [0.3, 0.4) is 0 Å². The number of pyridine rings is 1. The predicted octanol–water partition coefficient (Wildman–Crippen LogP) is 21.5. The van der Waals surface area contributed by atoms with Crippen molar-refractivity contribution in [2.75, 3.05) is 0 Å². The van der Waals surface area contributed by atoms with Crippen LogP contribution in [0.4, 0.5) is 0 Å². The molecule has 0 fully saturated rings. The van der Waals surface area contributed by atoms with E-state index in [0.29, 0.717) is 71.0 Å². The summed E-state index contributed by atoms with van der Waals surface area (Å²) in [7, 11) is 0. The number of aromatic amines is 2. The van der Waals surface area contributed by atoms with Gasteiger partial charge >= 0.3 is 0 Å². The van der Waals surface area contributed by atoms with Gasteiger partial charge in [0.15, 0.2) is 6.33 Å². The van der Waals surface area contributed by atoms with Crippen LogP contribution in [-0.2, 0) is 0 Å². The molecule has 2 N–H and O–H groups in total. The van der Waals surface area contributed by atoms with Gasteiger partial charge in [0.1, 0.15) is 46.2 Å². The Morgan fingerprint density at radius 3 is 1.23 bits per heavy atom. The van der Waals surface area contributed by atoms with E-state index in [1.165, 1.54) is 47.4 Å². The molecule has 0 saturated heterocycles. The van der Waals surface area contributed by atoms with Gasteiger partial charge in [-0.1, -0.05) is 218 Å². The molecule has 0 spiro atoms. The van der Waals surface area contributed by atoms with E-state index >= 15 is 0 Å². The van der Waals surface area contributed by atoms with Crippen LogP contribution in [0.2, 0.25) is 0 Å². The quantitative estimate of drug-likeness (QED) is 0.129. The summed E-state index contributed by atoms with van der Waals surface area (Å²) in [5, 5.41) is 41.1. The minimum atomic E-state index is 0. The van der Waals surface area contributed by atoms with E-state index in [1.807, 2.05) is 76.5 Å². The zero-order valence-electron chi connectivity index (χ0n) is 53.0. The van der Waals surface area contributed by atoms with E-state index in [2.05, 4.69) is 211 Å². The van der Waals surface area contributed by atoms with Crippen molar-refractivity contribution < 1.29 is 8.94 Å². The molecule has 0 radical (unpaired) electrons. The van der Waals surface area contributed by atoms with Crippen LogP contribution >= 0.6 is 22.9 Å². The molecule has 0 bridgehead atoms. The van der Waals surface area contributed by atoms with E-state index in [9.17, 15) is 0 Å². The lowest BCUT2D eigenvalue weighted by molar-refractivity contribution is 0.364. The summed E-state index contributed by atoms with van der Waals surface area (Å²) in [4.78, 5) is 31.8. The molecule has 10 heterocycles. The Hall–Kier alpha value is -7.86. The Kier molecular flexibility index (Phi) is 74.7. The van der Waals surface area contributed by atoms with Crippen molar-refractivity contribution in [1.82, 2.24) is 100 Å². The standard InChI is InChI=1S/C8H11N.3C7H10N2.C6H10N2.C5H9N3.2C5H8N2O.2C5H8N2S.10CH4/c1-7(2)8-3-5-9-6-4-8;1-6(2)7-3-4-8-5-9-7;1-6(2)7-3-4-8-9-5-7;1-6(2)7-8-4-3-5-9-7;1-5(2)6-3-4-7-8-6;1-4(2)5-6-3-7-8-5;1-4(2)5-7-6-3-8-5;1-4(2)5-6-3-7-8-5;1-4(2)5-7-6-3-8-5;1-4(2)5-6-3-7-8-5;;;;;;;;;;/h3-7H,1-2H3;3*3-6H,1-2H3;3-5H,1-2H3,(H,7,8);3-4H,1-2H3,(H,6,7,8);4*3-4H,1-2H3;10*1H4. The fraction of sp³-hybridized carbons (Fsp3) is 0.571. The second-order valence-corrected chi connectivity index (χ2v) is 22.9. The van der Waals surface area contributed by atoms with Gasteiger partial charge < -0.3 is 8.94 Å². The molecule has 0 saturated carbocycles. The normalized spacial score (nSPS) is 9.17. The Morgan fingerprint density at radius 1 is 0.394 bits per heavy atom. The largest absolute Gasteiger partial charge is 0.428 e. The highest BCUT2D eigenvalue weighted by Gasteiger charge is 2.05. The summed E-state index contributed by atoms with van der Waals surface area (Å²) >= 11 is 3.08. The maximum absolute atomic E-state index is 4.87. The van der Waals surface area contributed by atoms with Crippen molar-refractivity contribution in [3.63, 3.8) is 0 Å². The van der Waals surface area contributed by atoms with Crippen molar-refractivity contribution in [3.8, 4) is 0 Å². The third-order valence-electron chi connectivity index (χ3n) is 10.6. The lowest BCUT2D eigenvalue weighted by atomic mass is 10.1. The molecular formula is C70H132N20O2S2. The summed E-state index contributed by atoms with van der Waals surface area (Å²) in [5.41, 5.74) is 6.65. The summed E-state index contributed by atoms with van der Waals surface area (Å²) in [6, 6.07) is 11.8. The summed E-state index contributed by atoms with van der Waals surface area (Å²) in [6.45, 7) is 41.9. The fourth-order valence-electron chi connectivity index (χ4n) is 5.46. The van der Waals surface area contributed by atoms with Crippen LogP contribution < -0.4 is 0 Å². The maximum atomic E-state index is 4.87. The molecule has 10 aromatic rings. The molecule has 10 rings (SSSR count). The maximum Gasteiger partial charge on any atom is 0.228 e. The van der Waals surface area contributed by atoms with Gasteiger partial charge in [-0.05, 0) is 82.7 Å². The van der Waals surface area contributed by atoms with E-state index in [4.69, 9.17) is 8.94 Å². The van der Waals surface area contributed by atoms with E-state index in [-0.39, 0.29) is 74.3 Å². The first-order valence-corrected chi connectivity index (χ1v) is 29.8. The number of hydrogen-bond donors (Lipinski definition) is 2. The Balaban J connectivity index is -0.000000103. The molecule has 10 aromatic heterocycles. The van der Waals surface area contributed by atoms with Gasteiger partial charge in [0.05, 0.1) is 6.20 Å². The summed E-state index contributed by atoms with van der Waals surface area (Å²) in [5.74, 6) is 8.15. The highest BCUT2D eigenvalue weighted by molar-refractivity contribution is 7.09. The SMILES string of the molecule is C.C.C.C.C.C.C.C.C.C.CC(C)c1ccn[nH]1.CC(C)c1ccncc1.CC(C)c1ccncn1.CC(C)c1ccnnc1.CC(C)c1ncccn1.CC(C)c1ncn[nH]1.CC(C)c1ncno1.CC(C)c1ncns1.CC(C)c1nnco1.CC(C)c1nncs1. The number of nitrogens with zero attached hydrogens (tertiary/aromatic N) is 18. The van der Waals surface area contributed by atoms with Gasteiger partial charge in [-0.3, -0.25) is 15.2 Å². The zero-order chi connectivity index (χ0) is 62.7. The number of hydrogen-bond acceptors (Lipinski definition) is 22. The fourth-order valence-corrected chi connectivity index (χ4v) is 6.54. The van der Waals surface area contributed by atoms with E-state index in [0.717, 1.165) is 27.4 Å². The average molecular weight is 1350 g/mol. The van der Waals surface area contributed by atoms with Crippen molar-refractivity contribution in [3.05, 3.63) is 179 Å². The van der Waals surface area contributed by atoms with E-state index < -0.39 is 0 Å². The smallest absolute Gasteiger partial charge is 0.228 e. The van der Waals surface area contributed by atoms with Crippen LogP contribution in [0.1, 0.15) is 328 Å². The number of rotatable bonds is 10. The molecule has 0 aromatic carbocycles. The van der Waals surface area contributed by atoms with Gasteiger partial charge in [0.2, 0.25) is 18.2 Å².